The molecule has 9 nitrogen and oxygen atoms in total. The molecule has 3 heterocycles. The third kappa shape index (κ3) is 6.26. The molecule has 0 spiro atoms. The lowest BCUT2D eigenvalue weighted by Crippen LogP contribution is -2.52. The van der Waals surface area contributed by atoms with E-state index in [1.54, 1.807) is 6.26 Å². The van der Waals surface area contributed by atoms with E-state index in [2.05, 4.69) is 42.6 Å². The molecule has 3 aromatic rings. The first kappa shape index (κ1) is 23.2. The number of rotatable bonds is 6. The molecule has 1 aliphatic rings. The van der Waals surface area contributed by atoms with E-state index in [1.807, 2.05) is 42.8 Å². The summed E-state index contributed by atoms with van der Waals surface area (Å²) >= 11 is 0. The molecule has 4 rings (SSSR count). The number of aryl methyl sites for hydroxylation is 1. The minimum atomic E-state index is 0. The number of aromatic nitrogens is 4. The van der Waals surface area contributed by atoms with E-state index < -0.39 is 0 Å². The molecule has 31 heavy (non-hydrogen) atoms. The Morgan fingerprint density at radius 2 is 1.87 bits per heavy atom. The maximum Gasteiger partial charge on any atom is 0.194 e. The maximum absolute atomic E-state index is 4.95. The van der Waals surface area contributed by atoms with Crippen molar-refractivity contribution in [2.24, 2.45) is 12.0 Å². The standard InChI is InChI=1S/C21H28N8O.HI/c1-17-24-25-20(27(17)2)15-23-21(22-14-18-6-4-3-5-7-18)29-11-9-28(10-12-29)16-19-8-13-30-26-19;/h3-8,13H,9-12,14-16H2,1-2H3,(H,22,23);1H. The molecule has 0 bridgehead atoms. The van der Waals surface area contributed by atoms with Gasteiger partial charge in [0.05, 0.1) is 18.8 Å². The van der Waals surface area contributed by atoms with Crippen molar-refractivity contribution in [2.75, 3.05) is 26.2 Å². The number of aliphatic imine (C=N–C) groups is 1. The fraction of sp³-hybridized carbons (Fsp3) is 0.429. The zero-order valence-electron chi connectivity index (χ0n) is 17.9. The zero-order valence-corrected chi connectivity index (χ0v) is 20.3. The summed E-state index contributed by atoms with van der Waals surface area (Å²) in [7, 11) is 1.98. The molecule has 0 atom stereocenters. The SMILES string of the molecule is Cc1nnc(CNC(=NCc2ccccc2)N2CCN(Cc3ccon3)CC2)n1C.I. The van der Waals surface area contributed by atoms with Crippen LogP contribution in [0.4, 0.5) is 0 Å². The van der Waals surface area contributed by atoms with Crippen molar-refractivity contribution >= 4 is 29.9 Å². The van der Waals surface area contributed by atoms with Crippen molar-refractivity contribution in [3.05, 3.63) is 65.6 Å². The summed E-state index contributed by atoms with van der Waals surface area (Å²) in [5, 5.41) is 15.9. The highest BCUT2D eigenvalue weighted by Crippen LogP contribution is 2.09. The van der Waals surface area contributed by atoms with Crippen LogP contribution in [0.15, 0.2) is 52.2 Å². The molecular formula is C21H29IN8O. The van der Waals surface area contributed by atoms with Gasteiger partial charge in [-0.2, -0.15) is 0 Å². The molecule has 0 saturated carbocycles. The van der Waals surface area contributed by atoms with Crippen LogP contribution in [-0.2, 0) is 26.7 Å². The zero-order chi connectivity index (χ0) is 20.8. The van der Waals surface area contributed by atoms with E-state index >= 15 is 0 Å². The Morgan fingerprint density at radius 3 is 2.52 bits per heavy atom. The predicted molar refractivity (Wildman–Crippen MR) is 129 cm³/mol. The summed E-state index contributed by atoms with van der Waals surface area (Å²) in [5.41, 5.74) is 2.16. The second-order valence-corrected chi connectivity index (χ2v) is 7.46. The van der Waals surface area contributed by atoms with Crippen LogP contribution in [-0.4, -0.2) is 61.9 Å². The third-order valence-corrected chi connectivity index (χ3v) is 5.39. The number of benzene rings is 1. The summed E-state index contributed by atoms with van der Waals surface area (Å²) in [5.74, 6) is 2.70. The van der Waals surface area contributed by atoms with Crippen LogP contribution in [0.25, 0.3) is 0 Å². The highest BCUT2D eigenvalue weighted by molar-refractivity contribution is 14.0. The number of halogens is 1. The fourth-order valence-electron chi connectivity index (χ4n) is 3.45. The first-order chi connectivity index (χ1) is 14.7. The van der Waals surface area contributed by atoms with Crippen molar-refractivity contribution in [2.45, 2.75) is 26.6 Å². The monoisotopic (exact) mass is 536 g/mol. The minimum absolute atomic E-state index is 0. The van der Waals surface area contributed by atoms with Crippen LogP contribution in [0, 0.1) is 6.92 Å². The lowest BCUT2D eigenvalue weighted by atomic mass is 10.2. The van der Waals surface area contributed by atoms with Gasteiger partial charge in [0.15, 0.2) is 11.8 Å². The largest absolute Gasteiger partial charge is 0.364 e. The molecule has 0 aliphatic carbocycles. The Bertz CT molecular complexity index is 949. The number of nitrogens with zero attached hydrogens (tertiary/aromatic N) is 7. The van der Waals surface area contributed by atoms with Gasteiger partial charge in [-0.25, -0.2) is 4.99 Å². The smallest absolute Gasteiger partial charge is 0.194 e. The van der Waals surface area contributed by atoms with Crippen molar-refractivity contribution < 1.29 is 4.52 Å². The molecule has 1 N–H and O–H groups in total. The van der Waals surface area contributed by atoms with Gasteiger partial charge in [0.25, 0.3) is 0 Å². The van der Waals surface area contributed by atoms with Crippen molar-refractivity contribution in [3.63, 3.8) is 0 Å². The quantitative estimate of drug-likeness (QED) is 0.294. The summed E-state index contributed by atoms with van der Waals surface area (Å²) in [6.07, 6.45) is 1.62. The van der Waals surface area contributed by atoms with Crippen molar-refractivity contribution in [3.8, 4) is 0 Å². The van der Waals surface area contributed by atoms with Gasteiger partial charge in [-0.3, -0.25) is 4.90 Å². The molecule has 1 fully saturated rings. The molecule has 0 radical (unpaired) electrons. The van der Waals surface area contributed by atoms with Crippen LogP contribution in [0.1, 0.15) is 22.9 Å². The van der Waals surface area contributed by atoms with E-state index in [-0.39, 0.29) is 24.0 Å². The van der Waals surface area contributed by atoms with Gasteiger partial charge in [-0.15, -0.1) is 34.2 Å². The van der Waals surface area contributed by atoms with E-state index in [0.29, 0.717) is 13.1 Å². The lowest BCUT2D eigenvalue weighted by molar-refractivity contribution is 0.168. The van der Waals surface area contributed by atoms with Gasteiger partial charge < -0.3 is 19.3 Å². The molecular weight excluding hydrogens is 507 g/mol. The first-order valence-electron chi connectivity index (χ1n) is 10.2. The van der Waals surface area contributed by atoms with Gasteiger partial charge in [-0.1, -0.05) is 35.5 Å². The average molecular weight is 536 g/mol. The maximum atomic E-state index is 4.95. The van der Waals surface area contributed by atoms with E-state index in [9.17, 15) is 0 Å². The van der Waals surface area contributed by atoms with Gasteiger partial charge in [-0.05, 0) is 12.5 Å². The highest BCUT2D eigenvalue weighted by atomic mass is 127. The van der Waals surface area contributed by atoms with Gasteiger partial charge >= 0.3 is 0 Å². The molecule has 1 aromatic carbocycles. The molecule has 2 aromatic heterocycles. The van der Waals surface area contributed by atoms with Crippen molar-refractivity contribution in [1.29, 1.82) is 0 Å². The molecule has 0 unspecified atom stereocenters. The van der Waals surface area contributed by atoms with Gasteiger partial charge in [0.2, 0.25) is 0 Å². The molecule has 0 amide bonds. The predicted octanol–water partition coefficient (Wildman–Crippen LogP) is 2.19. The average Bonchev–Trinajstić information content (AvgIpc) is 3.40. The Kier molecular flexibility index (Phi) is 8.41. The molecule has 166 valence electrons. The lowest BCUT2D eigenvalue weighted by Gasteiger charge is -2.36. The number of hydrogen-bond donors (Lipinski definition) is 1. The van der Waals surface area contributed by atoms with Crippen LogP contribution in [0.3, 0.4) is 0 Å². The van der Waals surface area contributed by atoms with Crippen molar-refractivity contribution in [1.82, 2.24) is 35.0 Å². The van der Waals surface area contributed by atoms with Crippen LogP contribution in [0.2, 0.25) is 0 Å². The van der Waals surface area contributed by atoms with E-state index in [0.717, 1.165) is 56.0 Å². The van der Waals surface area contributed by atoms with Gasteiger partial charge in [0, 0.05) is 45.8 Å². The highest BCUT2D eigenvalue weighted by Gasteiger charge is 2.21. The Balaban J connectivity index is 0.00000272. The van der Waals surface area contributed by atoms with Crippen LogP contribution in [0.5, 0.6) is 0 Å². The van der Waals surface area contributed by atoms with E-state index in [1.165, 1.54) is 5.56 Å². The number of hydrogen-bond acceptors (Lipinski definition) is 6. The van der Waals surface area contributed by atoms with Crippen LogP contribution >= 0.6 is 24.0 Å². The summed E-state index contributed by atoms with van der Waals surface area (Å²) in [4.78, 5) is 9.59. The number of piperazine rings is 1. The summed E-state index contributed by atoms with van der Waals surface area (Å²) in [6, 6.07) is 12.2. The fourth-order valence-corrected chi connectivity index (χ4v) is 3.45. The normalized spacial score (nSPS) is 15.0. The molecule has 1 aliphatic heterocycles. The second-order valence-electron chi connectivity index (χ2n) is 7.46. The Morgan fingerprint density at radius 1 is 1.10 bits per heavy atom. The summed E-state index contributed by atoms with van der Waals surface area (Å²) in [6.45, 7) is 7.68. The van der Waals surface area contributed by atoms with E-state index in [4.69, 9.17) is 9.52 Å². The molecule has 1 saturated heterocycles. The van der Waals surface area contributed by atoms with Crippen LogP contribution < -0.4 is 5.32 Å². The Labute approximate surface area is 199 Å². The number of nitrogens with one attached hydrogen (secondary N) is 1. The second kappa shape index (κ2) is 11.2. The number of guanidine groups is 1. The first-order valence-corrected chi connectivity index (χ1v) is 10.2. The Hall–Kier alpha value is -2.47. The molecule has 10 heteroatoms. The summed E-state index contributed by atoms with van der Waals surface area (Å²) < 4.78 is 6.94. The minimum Gasteiger partial charge on any atom is -0.364 e. The third-order valence-electron chi connectivity index (χ3n) is 5.39. The van der Waals surface area contributed by atoms with Gasteiger partial charge in [0.1, 0.15) is 12.1 Å². The topological polar surface area (TPSA) is 87.6 Å².